The lowest BCUT2D eigenvalue weighted by Crippen LogP contribution is -2.37. The third kappa shape index (κ3) is 2.99. The zero-order valence-corrected chi connectivity index (χ0v) is 13.8. The number of benzene rings is 1. The van der Waals surface area contributed by atoms with Gasteiger partial charge < -0.3 is 5.73 Å². The SMILES string of the molecule is CC1CCC(NS(=O)(=O)c2cc(N)c(F)cc2Br)C1C. The first kappa shape index (κ1) is 15.7. The van der Waals surface area contributed by atoms with Gasteiger partial charge in [-0.05, 0) is 52.7 Å². The molecule has 0 amide bonds. The molecule has 3 unspecified atom stereocenters. The van der Waals surface area contributed by atoms with Crippen molar-refractivity contribution in [2.24, 2.45) is 11.8 Å². The van der Waals surface area contributed by atoms with Gasteiger partial charge in [0.1, 0.15) is 5.82 Å². The number of halogens is 2. The highest BCUT2D eigenvalue weighted by molar-refractivity contribution is 9.10. The molecule has 3 atom stereocenters. The lowest BCUT2D eigenvalue weighted by molar-refractivity contribution is 0.402. The van der Waals surface area contributed by atoms with Crippen molar-refractivity contribution in [3.8, 4) is 0 Å². The van der Waals surface area contributed by atoms with Gasteiger partial charge in [-0.3, -0.25) is 0 Å². The summed E-state index contributed by atoms with van der Waals surface area (Å²) in [5.41, 5.74) is 5.28. The second kappa shape index (κ2) is 5.61. The van der Waals surface area contributed by atoms with Gasteiger partial charge in [0.25, 0.3) is 0 Å². The maximum atomic E-state index is 13.3. The number of rotatable bonds is 3. The molecule has 2 rings (SSSR count). The van der Waals surface area contributed by atoms with Crippen molar-refractivity contribution in [2.75, 3.05) is 5.73 Å². The Morgan fingerprint density at radius 3 is 2.55 bits per heavy atom. The first-order valence-electron chi connectivity index (χ1n) is 6.49. The molecule has 1 aromatic rings. The van der Waals surface area contributed by atoms with E-state index in [0.717, 1.165) is 25.0 Å². The van der Waals surface area contributed by atoms with E-state index >= 15 is 0 Å². The van der Waals surface area contributed by atoms with Crippen molar-refractivity contribution in [1.29, 1.82) is 0 Å². The predicted octanol–water partition coefficient (Wildman–Crippen LogP) is 2.88. The van der Waals surface area contributed by atoms with Crippen LogP contribution in [0.3, 0.4) is 0 Å². The van der Waals surface area contributed by atoms with E-state index in [1.807, 2.05) is 6.92 Å². The molecular formula is C13H18BrFN2O2S. The van der Waals surface area contributed by atoms with Crippen LogP contribution in [0.2, 0.25) is 0 Å². The quantitative estimate of drug-likeness (QED) is 0.809. The van der Waals surface area contributed by atoms with Gasteiger partial charge in [0, 0.05) is 10.5 Å². The summed E-state index contributed by atoms with van der Waals surface area (Å²) in [6.45, 7) is 4.16. The lowest BCUT2D eigenvalue weighted by atomic mass is 9.98. The Balaban J connectivity index is 2.30. The fourth-order valence-electron chi connectivity index (χ4n) is 2.54. The lowest BCUT2D eigenvalue weighted by Gasteiger charge is -2.20. The van der Waals surface area contributed by atoms with Gasteiger partial charge >= 0.3 is 0 Å². The number of anilines is 1. The molecule has 1 fully saturated rings. The number of nitrogens with one attached hydrogen (secondary N) is 1. The van der Waals surface area contributed by atoms with Crippen LogP contribution in [0.1, 0.15) is 26.7 Å². The number of hydrogen-bond donors (Lipinski definition) is 2. The average molecular weight is 365 g/mol. The van der Waals surface area contributed by atoms with Crippen molar-refractivity contribution < 1.29 is 12.8 Å². The van der Waals surface area contributed by atoms with E-state index in [2.05, 4.69) is 27.6 Å². The molecule has 0 aliphatic heterocycles. The van der Waals surface area contributed by atoms with Crippen LogP contribution in [0.4, 0.5) is 10.1 Å². The Hall–Kier alpha value is -0.660. The second-order valence-electron chi connectivity index (χ2n) is 5.45. The Labute approximate surface area is 127 Å². The van der Waals surface area contributed by atoms with E-state index in [0.29, 0.717) is 5.92 Å². The van der Waals surface area contributed by atoms with Crippen LogP contribution < -0.4 is 10.5 Å². The fraction of sp³-hybridized carbons (Fsp3) is 0.538. The Morgan fingerprint density at radius 1 is 1.35 bits per heavy atom. The third-order valence-corrected chi connectivity index (χ3v) is 6.56. The summed E-state index contributed by atoms with van der Waals surface area (Å²) in [5, 5.41) is 0. The fourth-order valence-corrected chi connectivity index (χ4v) is 4.96. The molecule has 0 bridgehead atoms. The summed E-state index contributed by atoms with van der Waals surface area (Å²) < 4.78 is 41.0. The molecule has 1 aliphatic carbocycles. The number of hydrogen-bond acceptors (Lipinski definition) is 3. The predicted molar refractivity (Wildman–Crippen MR) is 80.2 cm³/mol. The zero-order valence-electron chi connectivity index (χ0n) is 11.4. The molecule has 112 valence electrons. The standard InChI is InChI=1S/C13H18BrFN2O2S/c1-7-3-4-12(8(7)2)17-20(18,19)13-6-11(16)10(15)5-9(13)14/h5-8,12,17H,3-4,16H2,1-2H3. The summed E-state index contributed by atoms with van der Waals surface area (Å²) >= 11 is 3.08. The minimum Gasteiger partial charge on any atom is -0.396 e. The minimum atomic E-state index is -3.71. The zero-order chi connectivity index (χ0) is 15.1. The number of nitrogen functional groups attached to an aromatic ring is 1. The van der Waals surface area contributed by atoms with Crippen LogP contribution in [0, 0.1) is 17.7 Å². The first-order chi connectivity index (χ1) is 9.22. The van der Waals surface area contributed by atoms with Gasteiger partial charge in [0.2, 0.25) is 10.0 Å². The Bertz CT molecular complexity index is 621. The van der Waals surface area contributed by atoms with Gasteiger partial charge in [0.15, 0.2) is 0 Å². The number of nitrogens with two attached hydrogens (primary N) is 1. The molecule has 7 heteroatoms. The van der Waals surface area contributed by atoms with Crippen molar-refractivity contribution in [1.82, 2.24) is 4.72 Å². The van der Waals surface area contributed by atoms with E-state index in [4.69, 9.17) is 5.73 Å². The van der Waals surface area contributed by atoms with Crippen LogP contribution >= 0.6 is 15.9 Å². The highest BCUT2D eigenvalue weighted by Crippen LogP contribution is 2.33. The smallest absolute Gasteiger partial charge is 0.242 e. The molecule has 4 nitrogen and oxygen atoms in total. The van der Waals surface area contributed by atoms with Gasteiger partial charge in [0.05, 0.1) is 10.6 Å². The molecule has 20 heavy (non-hydrogen) atoms. The molecule has 1 saturated carbocycles. The highest BCUT2D eigenvalue weighted by Gasteiger charge is 2.33. The largest absolute Gasteiger partial charge is 0.396 e. The van der Waals surface area contributed by atoms with Crippen LogP contribution in [-0.4, -0.2) is 14.5 Å². The molecule has 0 saturated heterocycles. The van der Waals surface area contributed by atoms with E-state index < -0.39 is 15.8 Å². The summed E-state index contributed by atoms with van der Waals surface area (Å²) in [6, 6.07) is 2.13. The highest BCUT2D eigenvalue weighted by atomic mass is 79.9. The maximum absolute atomic E-state index is 13.3. The van der Waals surface area contributed by atoms with E-state index in [1.54, 1.807) is 0 Å². The summed E-state index contributed by atoms with van der Waals surface area (Å²) in [4.78, 5) is -0.0249. The van der Waals surface area contributed by atoms with Gasteiger partial charge in [-0.25, -0.2) is 17.5 Å². The van der Waals surface area contributed by atoms with Crippen LogP contribution in [0.25, 0.3) is 0 Å². The molecule has 0 aromatic heterocycles. The molecule has 0 spiro atoms. The maximum Gasteiger partial charge on any atom is 0.242 e. The van der Waals surface area contributed by atoms with E-state index in [9.17, 15) is 12.8 Å². The van der Waals surface area contributed by atoms with Crippen LogP contribution in [-0.2, 0) is 10.0 Å². The van der Waals surface area contributed by atoms with Crippen LogP contribution in [0.5, 0.6) is 0 Å². The second-order valence-corrected chi connectivity index (χ2v) is 7.98. The molecular weight excluding hydrogens is 347 g/mol. The summed E-state index contributed by atoms with van der Waals surface area (Å²) in [5.74, 6) is 0.129. The molecule has 1 aliphatic rings. The number of sulfonamides is 1. The van der Waals surface area contributed by atoms with Gasteiger partial charge in [-0.1, -0.05) is 13.8 Å². The summed E-state index contributed by atoms with van der Waals surface area (Å²) in [6.07, 6.45) is 1.82. The van der Waals surface area contributed by atoms with Crippen LogP contribution in [0.15, 0.2) is 21.5 Å². The molecule has 0 heterocycles. The normalized spacial score (nSPS) is 26.9. The van der Waals surface area contributed by atoms with Crippen molar-refractivity contribution >= 4 is 31.6 Å². The summed E-state index contributed by atoms with van der Waals surface area (Å²) in [7, 11) is -3.71. The molecule has 3 N–H and O–H groups in total. The van der Waals surface area contributed by atoms with E-state index in [1.165, 1.54) is 0 Å². The van der Waals surface area contributed by atoms with Gasteiger partial charge in [-0.2, -0.15) is 0 Å². The monoisotopic (exact) mass is 364 g/mol. The van der Waals surface area contributed by atoms with Crippen molar-refractivity contribution in [3.05, 3.63) is 22.4 Å². The Morgan fingerprint density at radius 2 is 2.00 bits per heavy atom. The minimum absolute atomic E-state index is 0.0249. The van der Waals surface area contributed by atoms with Crippen molar-refractivity contribution in [2.45, 2.75) is 37.6 Å². The molecule has 1 aromatic carbocycles. The first-order valence-corrected chi connectivity index (χ1v) is 8.77. The average Bonchev–Trinajstić information content (AvgIpc) is 2.65. The van der Waals surface area contributed by atoms with E-state index in [-0.39, 0.29) is 27.0 Å². The Kier molecular flexibility index (Phi) is 4.41. The van der Waals surface area contributed by atoms with Crippen molar-refractivity contribution in [3.63, 3.8) is 0 Å². The molecule has 0 radical (unpaired) electrons. The topological polar surface area (TPSA) is 72.2 Å². The third-order valence-electron chi connectivity index (χ3n) is 4.11. The van der Waals surface area contributed by atoms with Gasteiger partial charge in [-0.15, -0.1) is 0 Å².